The van der Waals surface area contributed by atoms with Gasteiger partial charge in [-0.15, -0.1) is 0 Å². The summed E-state index contributed by atoms with van der Waals surface area (Å²) in [7, 11) is 0. The lowest BCUT2D eigenvalue weighted by atomic mass is 9.91. The summed E-state index contributed by atoms with van der Waals surface area (Å²) in [5.74, 6) is -1.53. The first kappa shape index (κ1) is 13.3. The van der Waals surface area contributed by atoms with E-state index < -0.39 is 12.1 Å². The molecule has 0 aliphatic heterocycles. The van der Waals surface area contributed by atoms with Gasteiger partial charge < -0.3 is 5.73 Å². The van der Waals surface area contributed by atoms with E-state index >= 15 is 0 Å². The first-order chi connectivity index (χ1) is 7.38. The van der Waals surface area contributed by atoms with E-state index in [1.54, 1.807) is 13.0 Å². The van der Waals surface area contributed by atoms with Crippen LogP contribution in [0.4, 0.5) is 13.2 Å². The molecule has 0 amide bonds. The fourth-order valence-electron chi connectivity index (χ4n) is 1.66. The van der Waals surface area contributed by atoms with Crippen LogP contribution in [0.1, 0.15) is 23.5 Å². The van der Waals surface area contributed by atoms with Gasteiger partial charge in [0.15, 0.2) is 0 Å². The van der Waals surface area contributed by atoms with Gasteiger partial charge in [0, 0.05) is 5.02 Å². The number of nitrogens with two attached hydrogens (primary N) is 1. The summed E-state index contributed by atoms with van der Waals surface area (Å²) in [6.07, 6.45) is -4.40. The van der Waals surface area contributed by atoms with Crippen LogP contribution in [0, 0.1) is 6.92 Å². The van der Waals surface area contributed by atoms with Crippen molar-refractivity contribution in [1.29, 1.82) is 0 Å². The molecule has 0 fully saturated rings. The summed E-state index contributed by atoms with van der Waals surface area (Å²) in [6, 6.07) is 4.56. The second kappa shape index (κ2) is 5.06. The molecule has 0 saturated heterocycles. The fraction of sp³-hybridized carbons (Fsp3) is 0.455. The summed E-state index contributed by atoms with van der Waals surface area (Å²) in [4.78, 5) is 0. The molecule has 0 spiro atoms. The van der Waals surface area contributed by atoms with Crippen LogP contribution in [0.2, 0.25) is 5.02 Å². The van der Waals surface area contributed by atoms with E-state index in [1.807, 2.05) is 0 Å². The van der Waals surface area contributed by atoms with Crippen LogP contribution >= 0.6 is 11.6 Å². The molecule has 1 rings (SSSR count). The van der Waals surface area contributed by atoms with Crippen molar-refractivity contribution in [2.24, 2.45) is 5.73 Å². The van der Waals surface area contributed by atoms with E-state index in [9.17, 15) is 13.2 Å². The third-order valence-corrected chi connectivity index (χ3v) is 2.94. The highest BCUT2D eigenvalue weighted by Gasteiger charge is 2.40. The summed E-state index contributed by atoms with van der Waals surface area (Å²) in [5.41, 5.74) is 5.90. The molecule has 0 saturated carbocycles. The van der Waals surface area contributed by atoms with Crippen molar-refractivity contribution in [3.05, 3.63) is 34.3 Å². The average Bonchev–Trinajstić information content (AvgIpc) is 2.18. The maximum absolute atomic E-state index is 12.8. The average molecular weight is 252 g/mol. The molecule has 0 heterocycles. The minimum absolute atomic E-state index is 0.00384. The molecular weight excluding hydrogens is 239 g/mol. The number of halogens is 4. The van der Waals surface area contributed by atoms with Crippen molar-refractivity contribution in [1.82, 2.24) is 0 Å². The Bertz CT molecular complexity index is 363. The molecule has 2 N–H and O–H groups in total. The fourth-order valence-corrected chi connectivity index (χ4v) is 1.85. The number of rotatable bonds is 3. The van der Waals surface area contributed by atoms with Gasteiger partial charge in [0.2, 0.25) is 0 Å². The van der Waals surface area contributed by atoms with E-state index in [1.165, 1.54) is 12.1 Å². The lowest BCUT2D eigenvalue weighted by Crippen LogP contribution is -2.24. The van der Waals surface area contributed by atoms with Gasteiger partial charge in [0.1, 0.15) is 0 Å². The van der Waals surface area contributed by atoms with Gasteiger partial charge in [-0.25, -0.2) is 0 Å². The quantitative estimate of drug-likeness (QED) is 0.872. The zero-order chi connectivity index (χ0) is 12.3. The van der Waals surface area contributed by atoms with Crippen LogP contribution in [0.5, 0.6) is 0 Å². The van der Waals surface area contributed by atoms with E-state index in [4.69, 9.17) is 17.3 Å². The van der Waals surface area contributed by atoms with Gasteiger partial charge in [-0.2, -0.15) is 13.2 Å². The van der Waals surface area contributed by atoms with Crippen LogP contribution in [0.25, 0.3) is 0 Å². The third kappa shape index (κ3) is 2.89. The second-order valence-corrected chi connectivity index (χ2v) is 4.03. The molecule has 16 heavy (non-hydrogen) atoms. The Morgan fingerprint density at radius 3 is 2.50 bits per heavy atom. The number of alkyl halides is 3. The van der Waals surface area contributed by atoms with E-state index in [-0.39, 0.29) is 18.5 Å². The Kier molecular flexibility index (Phi) is 4.21. The highest BCUT2D eigenvalue weighted by molar-refractivity contribution is 6.31. The molecule has 1 aromatic rings. The Morgan fingerprint density at radius 2 is 2.00 bits per heavy atom. The topological polar surface area (TPSA) is 26.0 Å². The van der Waals surface area contributed by atoms with E-state index in [0.717, 1.165) is 0 Å². The maximum Gasteiger partial charge on any atom is 0.395 e. The Balaban J connectivity index is 3.16. The molecule has 5 heteroatoms. The largest absolute Gasteiger partial charge is 0.395 e. The molecule has 1 unspecified atom stereocenters. The summed E-state index contributed by atoms with van der Waals surface area (Å²) in [5, 5.41) is 0.351. The normalized spacial score (nSPS) is 13.9. The van der Waals surface area contributed by atoms with Crippen LogP contribution in [0.15, 0.2) is 18.2 Å². The van der Waals surface area contributed by atoms with E-state index in [2.05, 4.69) is 0 Å². The Hall–Kier alpha value is -0.740. The Labute approximate surface area is 97.4 Å². The molecule has 0 aliphatic carbocycles. The lowest BCUT2D eigenvalue weighted by molar-refractivity contribution is -0.151. The zero-order valence-corrected chi connectivity index (χ0v) is 9.57. The minimum Gasteiger partial charge on any atom is -0.330 e. The summed E-state index contributed by atoms with van der Waals surface area (Å²) in [6.45, 7) is 1.59. The molecular formula is C11H13ClF3N. The lowest BCUT2D eigenvalue weighted by Gasteiger charge is -2.22. The van der Waals surface area contributed by atoms with Gasteiger partial charge >= 0.3 is 6.18 Å². The molecule has 1 aromatic carbocycles. The number of benzene rings is 1. The number of hydrogen-bond donors (Lipinski definition) is 1. The molecule has 0 radical (unpaired) electrons. The van der Waals surface area contributed by atoms with Crippen molar-refractivity contribution in [2.75, 3.05) is 6.54 Å². The van der Waals surface area contributed by atoms with Crippen molar-refractivity contribution < 1.29 is 13.2 Å². The van der Waals surface area contributed by atoms with E-state index in [0.29, 0.717) is 10.6 Å². The standard InChI is InChI=1S/C11H13ClF3N/c1-7-8(3-2-4-10(7)12)9(5-6-16)11(13,14)15/h2-4,9H,5-6,16H2,1H3. The Morgan fingerprint density at radius 1 is 1.38 bits per heavy atom. The first-order valence-corrected chi connectivity index (χ1v) is 5.27. The molecule has 1 atom stereocenters. The van der Waals surface area contributed by atoms with Crippen molar-refractivity contribution in [3.63, 3.8) is 0 Å². The monoisotopic (exact) mass is 251 g/mol. The van der Waals surface area contributed by atoms with Gasteiger partial charge in [-0.1, -0.05) is 23.7 Å². The third-order valence-electron chi connectivity index (χ3n) is 2.54. The smallest absolute Gasteiger partial charge is 0.330 e. The summed E-state index contributed by atoms with van der Waals surface area (Å²) >= 11 is 5.81. The predicted octanol–water partition coefficient (Wildman–Crippen LogP) is 3.64. The molecule has 0 aromatic heterocycles. The molecule has 0 bridgehead atoms. The van der Waals surface area contributed by atoms with Crippen molar-refractivity contribution >= 4 is 11.6 Å². The minimum atomic E-state index is -4.28. The molecule has 1 nitrogen and oxygen atoms in total. The van der Waals surface area contributed by atoms with Gasteiger partial charge in [-0.05, 0) is 37.1 Å². The highest BCUT2D eigenvalue weighted by Crippen LogP contribution is 2.39. The summed E-state index contributed by atoms with van der Waals surface area (Å²) < 4.78 is 38.4. The predicted molar refractivity (Wildman–Crippen MR) is 58.7 cm³/mol. The van der Waals surface area contributed by atoms with Crippen molar-refractivity contribution in [2.45, 2.75) is 25.4 Å². The van der Waals surface area contributed by atoms with Gasteiger partial charge in [0.05, 0.1) is 5.92 Å². The molecule has 0 aliphatic rings. The second-order valence-electron chi connectivity index (χ2n) is 3.63. The van der Waals surface area contributed by atoms with Crippen molar-refractivity contribution in [3.8, 4) is 0 Å². The highest BCUT2D eigenvalue weighted by atomic mass is 35.5. The maximum atomic E-state index is 12.8. The zero-order valence-electron chi connectivity index (χ0n) is 8.81. The van der Waals surface area contributed by atoms with Crippen LogP contribution in [-0.2, 0) is 0 Å². The SMILES string of the molecule is Cc1c(Cl)cccc1C(CCN)C(F)(F)F. The van der Waals surface area contributed by atoms with Crippen LogP contribution in [0.3, 0.4) is 0 Å². The molecule has 90 valence electrons. The number of hydrogen-bond acceptors (Lipinski definition) is 1. The first-order valence-electron chi connectivity index (χ1n) is 4.89. The van der Waals surface area contributed by atoms with Crippen LogP contribution < -0.4 is 5.73 Å². The van der Waals surface area contributed by atoms with Gasteiger partial charge in [0.25, 0.3) is 0 Å². The van der Waals surface area contributed by atoms with Crippen LogP contribution in [-0.4, -0.2) is 12.7 Å². The van der Waals surface area contributed by atoms with Gasteiger partial charge in [-0.3, -0.25) is 0 Å².